The summed E-state index contributed by atoms with van der Waals surface area (Å²) in [6.45, 7) is 0. The van der Waals surface area contributed by atoms with Crippen LogP contribution in [0.3, 0.4) is 0 Å². The molecule has 0 radical (unpaired) electrons. The van der Waals surface area contributed by atoms with Crippen LogP contribution in [0.4, 0.5) is 0 Å². The maximum atomic E-state index is 11.7. The standard InChI is InChI=1S/C14H6O6/c15-5-6-1-2-8-11-9(14(19)20-13(8)18)4-3-7(10(6)11)12(16)17/h1-5H,(H,16,17). The molecular weight excluding hydrogens is 264 g/mol. The Hall–Kier alpha value is -3.02. The summed E-state index contributed by atoms with van der Waals surface area (Å²) in [6.07, 6.45) is 0.486. The van der Waals surface area contributed by atoms with Gasteiger partial charge in [-0.1, -0.05) is 6.07 Å². The Morgan fingerprint density at radius 3 is 2.15 bits per heavy atom. The van der Waals surface area contributed by atoms with E-state index in [-0.39, 0.29) is 33.0 Å². The summed E-state index contributed by atoms with van der Waals surface area (Å²) in [5.74, 6) is -2.96. The summed E-state index contributed by atoms with van der Waals surface area (Å²) in [5.41, 5.74) is 0.104. The van der Waals surface area contributed by atoms with E-state index in [1.54, 1.807) is 0 Å². The molecule has 6 heteroatoms. The van der Waals surface area contributed by atoms with Crippen LogP contribution in [0, 0.1) is 0 Å². The maximum absolute atomic E-state index is 11.7. The fourth-order valence-electron chi connectivity index (χ4n) is 2.33. The van der Waals surface area contributed by atoms with E-state index in [0.717, 1.165) is 0 Å². The number of rotatable bonds is 2. The first-order valence-corrected chi connectivity index (χ1v) is 5.59. The predicted octanol–water partition coefficient (Wildman–Crippen LogP) is 1.66. The van der Waals surface area contributed by atoms with Gasteiger partial charge in [-0.05, 0) is 18.2 Å². The molecule has 98 valence electrons. The van der Waals surface area contributed by atoms with Gasteiger partial charge in [0.1, 0.15) is 0 Å². The monoisotopic (exact) mass is 270 g/mol. The molecule has 1 heterocycles. The van der Waals surface area contributed by atoms with Gasteiger partial charge in [-0.3, -0.25) is 4.79 Å². The lowest BCUT2D eigenvalue weighted by Crippen LogP contribution is -2.20. The molecule has 0 amide bonds. The van der Waals surface area contributed by atoms with E-state index in [1.165, 1.54) is 24.3 Å². The molecule has 0 aromatic heterocycles. The van der Waals surface area contributed by atoms with Gasteiger partial charge < -0.3 is 9.84 Å². The van der Waals surface area contributed by atoms with Crippen molar-refractivity contribution in [2.24, 2.45) is 0 Å². The number of carboxylic acids is 1. The van der Waals surface area contributed by atoms with Crippen LogP contribution in [-0.4, -0.2) is 29.3 Å². The van der Waals surface area contributed by atoms with E-state index in [1.807, 2.05) is 0 Å². The third-order valence-corrected chi connectivity index (χ3v) is 3.18. The van der Waals surface area contributed by atoms with Crippen molar-refractivity contribution in [3.05, 3.63) is 46.5 Å². The molecule has 20 heavy (non-hydrogen) atoms. The second-order valence-electron chi connectivity index (χ2n) is 4.21. The zero-order chi connectivity index (χ0) is 14.4. The number of benzene rings is 2. The van der Waals surface area contributed by atoms with Gasteiger partial charge >= 0.3 is 17.9 Å². The summed E-state index contributed by atoms with van der Waals surface area (Å²) in [5, 5.41) is 9.42. The van der Waals surface area contributed by atoms with Gasteiger partial charge in [0.2, 0.25) is 0 Å². The molecule has 1 N–H and O–H groups in total. The van der Waals surface area contributed by atoms with Crippen LogP contribution in [0.1, 0.15) is 41.4 Å². The number of aldehydes is 1. The molecule has 0 atom stereocenters. The van der Waals surface area contributed by atoms with Crippen molar-refractivity contribution >= 4 is 35.0 Å². The number of hydrogen-bond donors (Lipinski definition) is 1. The molecule has 0 bridgehead atoms. The zero-order valence-corrected chi connectivity index (χ0v) is 9.88. The van der Waals surface area contributed by atoms with Gasteiger partial charge in [0, 0.05) is 16.3 Å². The number of carbonyl (C=O) groups excluding carboxylic acids is 3. The number of carboxylic acid groups (broad SMARTS) is 1. The second-order valence-corrected chi connectivity index (χ2v) is 4.21. The number of carbonyl (C=O) groups is 4. The van der Waals surface area contributed by atoms with Gasteiger partial charge in [0.15, 0.2) is 6.29 Å². The van der Waals surface area contributed by atoms with Crippen molar-refractivity contribution in [3.8, 4) is 0 Å². The Morgan fingerprint density at radius 1 is 1.00 bits per heavy atom. The first-order chi connectivity index (χ1) is 9.54. The smallest absolute Gasteiger partial charge is 0.346 e. The van der Waals surface area contributed by atoms with Gasteiger partial charge in [-0.2, -0.15) is 0 Å². The highest BCUT2D eigenvalue weighted by molar-refractivity contribution is 6.25. The van der Waals surface area contributed by atoms with Crippen molar-refractivity contribution < 1.29 is 29.0 Å². The van der Waals surface area contributed by atoms with Crippen LogP contribution < -0.4 is 0 Å². The molecule has 0 saturated carbocycles. The van der Waals surface area contributed by atoms with Crippen molar-refractivity contribution in [1.29, 1.82) is 0 Å². The van der Waals surface area contributed by atoms with Crippen LogP contribution in [0.25, 0.3) is 10.8 Å². The topological polar surface area (TPSA) is 97.7 Å². The summed E-state index contributed by atoms with van der Waals surface area (Å²) < 4.78 is 4.56. The van der Waals surface area contributed by atoms with Crippen molar-refractivity contribution in [3.63, 3.8) is 0 Å². The van der Waals surface area contributed by atoms with E-state index in [9.17, 15) is 24.3 Å². The Labute approximate surface area is 111 Å². The first-order valence-electron chi connectivity index (χ1n) is 5.59. The number of aromatic carboxylic acids is 1. The number of hydrogen-bond acceptors (Lipinski definition) is 5. The number of esters is 2. The van der Waals surface area contributed by atoms with Crippen molar-refractivity contribution in [2.45, 2.75) is 0 Å². The van der Waals surface area contributed by atoms with E-state index in [2.05, 4.69) is 4.74 Å². The van der Waals surface area contributed by atoms with Crippen LogP contribution >= 0.6 is 0 Å². The van der Waals surface area contributed by atoms with Gasteiger partial charge in [0.25, 0.3) is 0 Å². The van der Waals surface area contributed by atoms with Crippen LogP contribution in [0.5, 0.6) is 0 Å². The quantitative estimate of drug-likeness (QED) is 0.506. The highest BCUT2D eigenvalue weighted by atomic mass is 16.6. The van der Waals surface area contributed by atoms with Crippen molar-refractivity contribution in [2.75, 3.05) is 0 Å². The minimum atomic E-state index is -1.25. The minimum Gasteiger partial charge on any atom is -0.478 e. The third-order valence-electron chi connectivity index (χ3n) is 3.18. The zero-order valence-electron chi connectivity index (χ0n) is 9.88. The van der Waals surface area contributed by atoms with Crippen LogP contribution in [0.15, 0.2) is 24.3 Å². The molecular formula is C14H6O6. The molecule has 0 fully saturated rings. The molecule has 0 aliphatic carbocycles. The number of cyclic esters (lactones) is 2. The van der Waals surface area contributed by atoms with Crippen LogP contribution in [-0.2, 0) is 4.74 Å². The fourth-order valence-corrected chi connectivity index (χ4v) is 2.33. The van der Waals surface area contributed by atoms with Gasteiger partial charge in [-0.25, -0.2) is 14.4 Å². The lowest BCUT2D eigenvalue weighted by atomic mass is 9.91. The Balaban J connectivity index is 2.60. The summed E-state index contributed by atoms with van der Waals surface area (Å²) in [4.78, 5) is 45.7. The molecule has 1 aliphatic heterocycles. The highest BCUT2D eigenvalue weighted by Gasteiger charge is 2.30. The summed E-state index contributed by atoms with van der Waals surface area (Å²) in [6, 6.07) is 5.17. The Morgan fingerprint density at radius 2 is 1.60 bits per heavy atom. The van der Waals surface area contributed by atoms with Crippen LogP contribution in [0.2, 0.25) is 0 Å². The van der Waals surface area contributed by atoms with Gasteiger partial charge in [0.05, 0.1) is 16.7 Å². The molecule has 6 nitrogen and oxygen atoms in total. The van der Waals surface area contributed by atoms with E-state index in [4.69, 9.17) is 0 Å². The average Bonchev–Trinajstić information content (AvgIpc) is 2.43. The third kappa shape index (κ3) is 1.45. The van der Waals surface area contributed by atoms with Crippen molar-refractivity contribution in [1.82, 2.24) is 0 Å². The normalized spacial score (nSPS) is 13.2. The second kappa shape index (κ2) is 3.99. The molecule has 1 aliphatic rings. The maximum Gasteiger partial charge on any atom is 0.346 e. The average molecular weight is 270 g/mol. The summed E-state index contributed by atoms with van der Waals surface area (Å²) in [7, 11) is 0. The first kappa shape index (κ1) is 12.0. The largest absolute Gasteiger partial charge is 0.478 e. The molecule has 0 spiro atoms. The minimum absolute atomic E-state index is 0.0725. The molecule has 0 unspecified atom stereocenters. The Bertz CT molecular complexity index is 781. The van der Waals surface area contributed by atoms with E-state index < -0.39 is 17.9 Å². The molecule has 0 saturated heterocycles. The molecule has 2 aromatic carbocycles. The summed E-state index contributed by atoms with van der Waals surface area (Å²) >= 11 is 0. The molecule has 3 rings (SSSR count). The predicted molar refractivity (Wildman–Crippen MR) is 66.0 cm³/mol. The fraction of sp³-hybridized carbons (Fsp3) is 0. The lowest BCUT2D eigenvalue weighted by molar-refractivity contribution is 0.0390. The Kier molecular flexibility index (Phi) is 2.40. The molecule has 2 aromatic rings. The highest BCUT2D eigenvalue weighted by Crippen LogP contribution is 2.33. The lowest BCUT2D eigenvalue weighted by Gasteiger charge is -2.17. The SMILES string of the molecule is O=Cc1ccc2c3c(ccc(C(=O)O)c13)C(=O)OC2=O. The number of ether oxygens (including phenoxy) is 1. The van der Waals surface area contributed by atoms with E-state index >= 15 is 0 Å². The van der Waals surface area contributed by atoms with Gasteiger partial charge in [-0.15, -0.1) is 0 Å². The van der Waals surface area contributed by atoms with E-state index in [0.29, 0.717) is 6.29 Å².